The smallest absolute Gasteiger partial charge is 0.292 e. The van der Waals surface area contributed by atoms with Crippen LogP contribution in [0.4, 0.5) is 5.69 Å². The van der Waals surface area contributed by atoms with Crippen LogP contribution in [0.15, 0.2) is 17.2 Å². The van der Waals surface area contributed by atoms with E-state index in [2.05, 4.69) is 39.0 Å². The molecule has 2 aromatic rings. The lowest BCUT2D eigenvalue weighted by atomic mass is 10.1. The lowest BCUT2D eigenvalue weighted by Gasteiger charge is -2.37. The summed E-state index contributed by atoms with van der Waals surface area (Å²) in [6.07, 6.45) is 3.88. The number of carbonyl (C=O) groups is 1. The summed E-state index contributed by atoms with van der Waals surface area (Å²) in [6, 6.07) is 2.11. The topological polar surface area (TPSA) is 121 Å². The average Bonchev–Trinajstić information content (AvgIpc) is 3.44. The molecule has 2 atom stereocenters. The molecule has 3 aliphatic rings. The molecule has 0 radical (unpaired) electrons. The van der Waals surface area contributed by atoms with Crippen LogP contribution in [0.2, 0.25) is 0 Å². The van der Waals surface area contributed by atoms with Crippen molar-refractivity contribution in [1.82, 2.24) is 29.5 Å². The maximum atomic E-state index is 13.5. The van der Waals surface area contributed by atoms with Crippen molar-refractivity contribution in [2.24, 2.45) is 0 Å². The predicted molar refractivity (Wildman–Crippen MR) is 127 cm³/mol. The van der Waals surface area contributed by atoms with Crippen LogP contribution in [0, 0.1) is 0 Å². The minimum atomic E-state index is -3.81. The number of sulfonamides is 1. The highest BCUT2D eigenvalue weighted by molar-refractivity contribution is 7.89. The van der Waals surface area contributed by atoms with Crippen molar-refractivity contribution >= 4 is 27.3 Å². The Balaban J connectivity index is 1.61. The van der Waals surface area contributed by atoms with Crippen LogP contribution < -0.4 is 14.9 Å². The summed E-state index contributed by atoms with van der Waals surface area (Å²) in [6.45, 7) is 9.42. The Morgan fingerprint density at radius 3 is 2.50 bits per heavy atom. The van der Waals surface area contributed by atoms with Crippen molar-refractivity contribution in [1.29, 1.82) is 0 Å². The molecule has 34 heavy (non-hydrogen) atoms. The van der Waals surface area contributed by atoms with Gasteiger partial charge < -0.3 is 19.9 Å². The lowest BCUT2D eigenvalue weighted by molar-refractivity contribution is 0.0294. The number of nitrogens with one attached hydrogen (secondary N) is 2. The van der Waals surface area contributed by atoms with Crippen molar-refractivity contribution in [2.45, 2.75) is 62.6 Å². The Kier molecular flexibility index (Phi) is 6.03. The van der Waals surface area contributed by atoms with E-state index >= 15 is 0 Å². The van der Waals surface area contributed by atoms with Gasteiger partial charge in [0.05, 0.1) is 18.9 Å². The summed E-state index contributed by atoms with van der Waals surface area (Å²) in [4.78, 5) is 17.2. The highest BCUT2D eigenvalue weighted by Gasteiger charge is 2.44. The summed E-state index contributed by atoms with van der Waals surface area (Å²) in [5.74, 6) is -0.165. The fourth-order valence-electron chi connectivity index (χ4n) is 4.93. The molecule has 5 rings (SSSR count). The largest absolute Gasteiger partial charge is 0.378 e. The van der Waals surface area contributed by atoms with E-state index in [0.717, 1.165) is 19.3 Å². The van der Waals surface area contributed by atoms with E-state index in [-0.39, 0.29) is 34.2 Å². The Morgan fingerprint density at radius 2 is 1.88 bits per heavy atom. The Hall–Kier alpha value is -2.28. The summed E-state index contributed by atoms with van der Waals surface area (Å²) in [7, 11) is -3.81. The van der Waals surface area contributed by atoms with Crippen molar-refractivity contribution in [3.63, 3.8) is 0 Å². The lowest BCUT2D eigenvalue weighted by Crippen LogP contribution is -2.54. The number of aromatic nitrogens is 3. The van der Waals surface area contributed by atoms with Crippen LogP contribution in [0.5, 0.6) is 0 Å². The molecule has 2 N–H and O–H groups in total. The number of ether oxygens (including phenoxy) is 1. The summed E-state index contributed by atoms with van der Waals surface area (Å²) in [5, 5.41) is 12.1. The SMILES string of the molecule is CCC1(NS(=O)(=O)c2cc(N3C[C@H](C)N[C@@H](C)C3)c3nnc(C(=O)N4CCOCC4)n3c2)CC1. The van der Waals surface area contributed by atoms with Gasteiger partial charge in [0.15, 0.2) is 5.65 Å². The van der Waals surface area contributed by atoms with Crippen LogP contribution in [0.25, 0.3) is 5.65 Å². The molecular weight excluding hydrogens is 458 g/mol. The molecular formula is C22H33N7O4S. The number of nitrogens with zero attached hydrogens (tertiary/aromatic N) is 5. The van der Waals surface area contributed by atoms with E-state index in [0.29, 0.717) is 50.7 Å². The molecule has 11 nitrogen and oxygen atoms in total. The summed E-state index contributed by atoms with van der Waals surface area (Å²) < 4.78 is 36.7. The standard InChI is InChI=1S/C22H33N7O4S/c1-4-22(5-6-22)26-34(31,32)17-11-18(28-12-15(2)23-16(3)13-28)19-24-25-20(29(19)14-17)21(30)27-7-9-33-10-8-27/h11,14-16,23,26H,4-10,12-13H2,1-3H3/t15-,16-/m0/s1. The molecule has 3 fully saturated rings. The first-order valence-corrected chi connectivity index (χ1v) is 13.5. The summed E-state index contributed by atoms with van der Waals surface area (Å²) in [5.41, 5.74) is 0.775. The van der Waals surface area contributed by atoms with Crippen LogP contribution in [0.1, 0.15) is 50.7 Å². The highest BCUT2D eigenvalue weighted by atomic mass is 32.2. The van der Waals surface area contributed by atoms with Gasteiger partial charge in [-0.25, -0.2) is 13.1 Å². The number of anilines is 1. The number of pyridine rings is 1. The van der Waals surface area contributed by atoms with Gasteiger partial charge in [-0.15, -0.1) is 10.2 Å². The van der Waals surface area contributed by atoms with Gasteiger partial charge in [-0.3, -0.25) is 9.20 Å². The molecule has 0 unspecified atom stereocenters. The number of hydrogen-bond acceptors (Lipinski definition) is 8. The number of rotatable bonds is 6. The number of morpholine rings is 1. The highest BCUT2D eigenvalue weighted by Crippen LogP contribution is 2.40. The van der Waals surface area contributed by atoms with Crippen molar-refractivity contribution in [3.8, 4) is 0 Å². The number of carbonyl (C=O) groups excluding carboxylic acids is 1. The third-order valence-electron chi connectivity index (χ3n) is 7.04. The van der Waals surface area contributed by atoms with E-state index in [1.807, 2.05) is 6.92 Å². The predicted octanol–water partition coefficient (Wildman–Crippen LogP) is 0.609. The quantitative estimate of drug-likeness (QED) is 0.603. The minimum absolute atomic E-state index is 0.114. The Morgan fingerprint density at radius 1 is 1.21 bits per heavy atom. The zero-order valence-electron chi connectivity index (χ0n) is 20.0. The van der Waals surface area contributed by atoms with E-state index in [4.69, 9.17) is 4.74 Å². The Bertz CT molecular complexity index is 1180. The van der Waals surface area contributed by atoms with Gasteiger partial charge in [-0.2, -0.15) is 0 Å². The molecule has 0 bridgehead atoms. The molecule has 2 saturated heterocycles. The van der Waals surface area contributed by atoms with E-state index < -0.39 is 10.0 Å². The van der Waals surface area contributed by atoms with Gasteiger partial charge in [0, 0.05) is 50.0 Å². The first-order chi connectivity index (χ1) is 16.2. The van der Waals surface area contributed by atoms with Gasteiger partial charge in [-0.1, -0.05) is 6.92 Å². The molecule has 0 spiro atoms. The second-order valence-corrected chi connectivity index (χ2v) is 11.5. The monoisotopic (exact) mass is 491 g/mol. The number of amides is 1. The van der Waals surface area contributed by atoms with Crippen LogP contribution >= 0.6 is 0 Å². The molecule has 1 amide bonds. The zero-order chi connectivity index (χ0) is 24.1. The van der Waals surface area contributed by atoms with Gasteiger partial charge in [0.25, 0.3) is 5.91 Å². The van der Waals surface area contributed by atoms with Crippen LogP contribution in [0.3, 0.4) is 0 Å². The molecule has 1 aliphatic carbocycles. The number of fused-ring (bicyclic) bond motifs is 1. The van der Waals surface area contributed by atoms with Crippen molar-refractivity contribution in [3.05, 3.63) is 18.1 Å². The van der Waals surface area contributed by atoms with Crippen LogP contribution in [-0.4, -0.2) is 90.8 Å². The normalized spacial score (nSPS) is 25.0. The van der Waals surface area contributed by atoms with Gasteiger partial charge in [0.2, 0.25) is 15.8 Å². The van der Waals surface area contributed by atoms with Gasteiger partial charge in [-0.05, 0) is 39.2 Å². The van der Waals surface area contributed by atoms with Crippen molar-refractivity contribution in [2.75, 3.05) is 44.3 Å². The fourth-order valence-corrected chi connectivity index (χ4v) is 6.48. The molecule has 0 aromatic carbocycles. The average molecular weight is 492 g/mol. The number of hydrogen-bond donors (Lipinski definition) is 2. The Labute approximate surface area is 199 Å². The molecule has 12 heteroatoms. The third kappa shape index (κ3) is 4.39. The molecule has 2 aliphatic heterocycles. The molecule has 1 saturated carbocycles. The summed E-state index contributed by atoms with van der Waals surface area (Å²) >= 11 is 0. The third-order valence-corrected chi connectivity index (χ3v) is 8.59. The van der Waals surface area contributed by atoms with Gasteiger partial charge >= 0.3 is 0 Å². The first kappa shape index (κ1) is 23.5. The molecule has 4 heterocycles. The van der Waals surface area contributed by atoms with Crippen molar-refractivity contribution < 1.29 is 17.9 Å². The molecule has 2 aromatic heterocycles. The van der Waals surface area contributed by atoms with E-state index in [9.17, 15) is 13.2 Å². The molecule has 186 valence electrons. The second-order valence-electron chi connectivity index (χ2n) is 9.80. The fraction of sp³-hybridized carbons (Fsp3) is 0.682. The van der Waals surface area contributed by atoms with Crippen LogP contribution in [-0.2, 0) is 14.8 Å². The minimum Gasteiger partial charge on any atom is -0.378 e. The number of piperazine rings is 1. The van der Waals surface area contributed by atoms with E-state index in [1.54, 1.807) is 15.4 Å². The zero-order valence-corrected chi connectivity index (χ0v) is 20.8. The second kappa shape index (κ2) is 8.74. The first-order valence-electron chi connectivity index (χ1n) is 12.0. The van der Waals surface area contributed by atoms with E-state index in [1.165, 1.54) is 6.20 Å². The maximum absolute atomic E-state index is 13.5. The maximum Gasteiger partial charge on any atom is 0.292 e. The van der Waals surface area contributed by atoms with Gasteiger partial charge in [0.1, 0.15) is 4.90 Å².